The number of para-hydroxylation sites is 1. The molecule has 158 valence electrons. The number of anilines is 1. The third-order valence-electron chi connectivity index (χ3n) is 4.27. The highest BCUT2D eigenvalue weighted by Gasteiger charge is 2.06. The first-order chi connectivity index (χ1) is 14.9. The van der Waals surface area contributed by atoms with E-state index in [4.69, 9.17) is 4.74 Å². The molecule has 0 aromatic heterocycles. The number of nitrogens with zero attached hydrogens (tertiary/aromatic N) is 2. The van der Waals surface area contributed by atoms with E-state index >= 15 is 0 Å². The largest absolute Gasteiger partial charge is 0.488 e. The van der Waals surface area contributed by atoms with E-state index in [0.29, 0.717) is 15.9 Å². The Morgan fingerprint density at radius 1 is 1.16 bits per heavy atom. The van der Waals surface area contributed by atoms with Crippen LogP contribution in [0.3, 0.4) is 0 Å². The lowest BCUT2D eigenvalue weighted by Crippen LogP contribution is -2.24. The van der Waals surface area contributed by atoms with Gasteiger partial charge in [0.15, 0.2) is 0 Å². The van der Waals surface area contributed by atoms with Crippen molar-refractivity contribution in [1.82, 2.24) is 5.43 Å². The van der Waals surface area contributed by atoms with Crippen LogP contribution in [0.5, 0.6) is 5.75 Å². The van der Waals surface area contributed by atoms with Crippen molar-refractivity contribution < 1.29 is 14.5 Å². The number of non-ortho nitro benzene ring substituents is 1. The van der Waals surface area contributed by atoms with E-state index in [1.165, 1.54) is 18.3 Å². The number of benzene rings is 3. The second-order valence-corrected chi connectivity index (χ2v) is 7.40. The number of ether oxygens (including phenoxy) is 1. The molecule has 31 heavy (non-hydrogen) atoms. The molecule has 3 rings (SSSR count). The fourth-order valence-electron chi connectivity index (χ4n) is 2.62. The van der Waals surface area contributed by atoms with Crippen molar-refractivity contribution in [2.45, 2.75) is 13.5 Å². The van der Waals surface area contributed by atoms with Crippen LogP contribution in [-0.4, -0.2) is 17.2 Å². The molecule has 0 atom stereocenters. The van der Waals surface area contributed by atoms with E-state index in [9.17, 15) is 14.9 Å². The molecule has 0 unspecified atom stereocenters. The fourth-order valence-corrected chi connectivity index (χ4v) is 3.13. The number of nitro benzene ring substituents is 1. The quantitative estimate of drug-likeness (QED) is 0.267. The number of halogens is 1. The minimum Gasteiger partial charge on any atom is -0.488 e. The van der Waals surface area contributed by atoms with E-state index in [0.717, 1.165) is 16.7 Å². The van der Waals surface area contributed by atoms with Gasteiger partial charge in [0.05, 0.1) is 15.6 Å². The number of nitro groups is 1. The molecule has 0 heterocycles. The van der Waals surface area contributed by atoms with Gasteiger partial charge in [-0.2, -0.15) is 5.10 Å². The van der Waals surface area contributed by atoms with Gasteiger partial charge in [0, 0.05) is 17.8 Å². The molecule has 2 N–H and O–H groups in total. The third-order valence-corrected chi connectivity index (χ3v) is 4.89. The molecule has 3 aromatic carbocycles. The molecule has 8 nitrogen and oxygen atoms in total. The maximum absolute atomic E-state index is 12.0. The van der Waals surface area contributed by atoms with Crippen molar-refractivity contribution in [2.24, 2.45) is 5.10 Å². The van der Waals surface area contributed by atoms with Crippen molar-refractivity contribution in [3.05, 3.63) is 98.0 Å². The summed E-state index contributed by atoms with van der Waals surface area (Å²) in [5.74, 6) is 0.612. The maximum atomic E-state index is 12.0. The molecule has 0 radical (unpaired) electrons. The number of rotatable bonds is 7. The van der Waals surface area contributed by atoms with E-state index in [1.807, 2.05) is 31.2 Å². The second-order valence-electron chi connectivity index (χ2n) is 6.54. The van der Waals surface area contributed by atoms with E-state index < -0.39 is 11.0 Å². The summed E-state index contributed by atoms with van der Waals surface area (Å²) in [5, 5.41) is 17.4. The highest BCUT2D eigenvalue weighted by atomic mass is 79.9. The Morgan fingerprint density at radius 2 is 1.90 bits per heavy atom. The summed E-state index contributed by atoms with van der Waals surface area (Å²) in [6, 6.07) is 18.6. The Hall–Kier alpha value is -3.72. The molecule has 0 fully saturated rings. The van der Waals surface area contributed by atoms with Gasteiger partial charge in [-0.3, -0.25) is 10.1 Å². The van der Waals surface area contributed by atoms with Crippen molar-refractivity contribution in [1.29, 1.82) is 0 Å². The molecule has 2 amide bonds. The molecule has 0 bridgehead atoms. The minimum atomic E-state index is -0.442. The van der Waals surface area contributed by atoms with Crippen LogP contribution in [0.4, 0.5) is 16.2 Å². The van der Waals surface area contributed by atoms with Crippen LogP contribution in [0, 0.1) is 17.0 Å². The Bertz CT molecular complexity index is 1120. The number of nitrogens with one attached hydrogen (secondary N) is 2. The van der Waals surface area contributed by atoms with E-state index in [-0.39, 0.29) is 12.3 Å². The fraction of sp³-hybridized carbons (Fsp3) is 0.0909. The van der Waals surface area contributed by atoms with Gasteiger partial charge in [-0.1, -0.05) is 18.2 Å². The molecule has 0 saturated heterocycles. The first kappa shape index (κ1) is 22.0. The van der Waals surface area contributed by atoms with Crippen LogP contribution in [-0.2, 0) is 6.61 Å². The summed E-state index contributed by atoms with van der Waals surface area (Å²) >= 11 is 3.45. The Morgan fingerprint density at radius 3 is 2.58 bits per heavy atom. The van der Waals surface area contributed by atoms with Crippen molar-refractivity contribution in [2.75, 3.05) is 5.32 Å². The zero-order valence-electron chi connectivity index (χ0n) is 16.5. The van der Waals surface area contributed by atoms with Crippen molar-refractivity contribution in [3.63, 3.8) is 0 Å². The van der Waals surface area contributed by atoms with Crippen molar-refractivity contribution >= 4 is 39.6 Å². The van der Waals surface area contributed by atoms with Gasteiger partial charge < -0.3 is 10.1 Å². The number of amides is 2. The SMILES string of the molecule is Cc1ccccc1NC(=O)NN=Cc1ccc(OCc2ccc([N+](=O)[O-])cc2)c(Br)c1. The summed E-state index contributed by atoms with van der Waals surface area (Å²) < 4.78 is 6.47. The second kappa shape index (κ2) is 10.4. The zero-order valence-corrected chi connectivity index (χ0v) is 18.1. The number of hydrogen-bond acceptors (Lipinski definition) is 5. The number of hydrazone groups is 1. The van der Waals surface area contributed by atoms with Gasteiger partial charge in [0.25, 0.3) is 5.69 Å². The van der Waals surface area contributed by atoms with Gasteiger partial charge in [0.2, 0.25) is 0 Å². The number of hydrogen-bond donors (Lipinski definition) is 2. The van der Waals surface area contributed by atoms with Crippen LogP contribution < -0.4 is 15.5 Å². The van der Waals surface area contributed by atoms with Crippen LogP contribution >= 0.6 is 15.9 Å². The predicted molar refractivity (Wildman–Crippen MR) is 122 cm³/mol. The van der Waals surface area contributed by atoms with Crippen molar-refractivity contribution in [3.8, 4) is 5.75 Å². The average Bonchev–Trinajstić information content (AvgIpc) is 2.75. The standard InChI is InChI=1S/C22H19BrN4O4/c1-15-4-2-3-5-20(15)25-22(28)26-24-13-17-8-11-21(19(23)12-17)31-14-16-6-9-18(10-7-16)27(29)30/h2-13H,14H2,1H3,(H2,25,26,28). The monoisotopic (exact) mass is 482 g/mol. The smallest absolute Gasteiger partial charge is 0.339 e. The molecule has 0 aliphatic carbocycles. The molecule has 3 aromatic rings. The highest BCUT2D eigenvalue weighted by Crippen LogP contribution is 2.26. The maximum Gasteiger partial charge on any atom is 0.339 e. The number of urea groups is 1. The highest BCUT2D eigenvalue weighted by molar-refractivity contribution is 9.10. The topological polar surface area (TPSA) is 106 Å². The van der Waals surface area contributed by atoms with E-state index in [1.54, 1.807) is 30.3 Å². The molecule has 0 aliphatic heterocycles. The number of carbonyl (C=O) groups is 1. The lowest BCUT2D eigenvalue weighted by molar-refractivity contribution is -0.384. The Labute approximate surface area is 187 Å². The first-order valence-corrected chi connectivity index (χ1v) is 10.0. The molecule has 9 heteroatoms. The lowest BCUT2D eigenvalue weighted by atomic mass is 10.2. The molecule has 0 aliphatic rings. The van der Waals surface area contributed by atoms with Gasteiger partial charge >= 0.3 is 6.03 Å². The number of aryl methyl sites for hydroxylation is 1. The number of carbonyl (C=O) groups excluding carboxylic acids is 1. The zero-order chi connectivity index (χ0) is 22.2. The first-order valence-electron chi connectivity index (χ1n) is 9.24. The third kappa shape index (κ3) is 6.38. The average molecular weight is 483 g/mol. The Kier molecular flexibility index (Phi) is 7.34. The van der Waals surface area contributed by atoms with Crippen LogP contribution in [0.2, 0.25) is 0 Å². The van der Waals surface area contributed by atoms with Crippen LogP contribution in [0.15, 0.2) is 76.3 Å². The van der Waals surface area contributed by atoms with Crippen LogP contribution in [0.1, 0.15) is 16.7 Å². The summed E-state index contributed by atoms with van der Waals surface area (Å²) in [6.45, 7) is 2.17. The van der Waals surface area contributed by atoms with Gasteiger partial charge in [-0.15, -0.1) is 0 Å². The van der Waals surface area contributed by atoms with Gasteiger partial charge in [-0.25, -0.2) is 10.2 Å². The van der Waals surface area contributed by atoms with Gasteiger partial charge in [-0.05, 0) is 75.9 Å². The van der Waals surface area contributed by atoms with E-state index in [2.05, 4.69) is 31.8 Å². The molecular weight excluding hydrogens is 464 g/mol. The summed E-state index contributed by atoms with van der Waals surface area (Å²) in [4.78, 5) is 22.2. The summed E-state index contributed by atoms with van der Waals surface area (Å²) in [6.07, 6.45) is 1.52. The minimum absolute atomic E-state index is 0.0368. The molecular formula is C22H19BrN4O4. The molecule has 0 spiro atoms. The normalized spacial score (nSPS) is 10.6. The van der Waals surface area contributed by atoms with Gasteiger partial charge in [0.1, 0.15) is 12.4 Å². The summed E-state index contributed by atoms with van der Waals surface area (Å²) in [7, 11) is 0. The Balaban J connectivity index is 1.53. The lowest BCUT2D eigenvalue weighted by Gasteiger charge is -2.09. The predicted octanol–water partition coefficient (Wildman–Crippen LogP) is 5.40. The van der Waals surface area contributed by atoms with Crippen LogP contribution in [0.25, 0.3) is 0 Å². The summed E-state index contributed by atoms with van der Waals surface area (Å²) in [5.41, 5.74) is 5.70. The molecule has 0 saturated carbocycles.